The summed E-state index contributed by atoms with van der Waals surface area (Å²) in [5.74, 6) is -2.08. The molecule has 0 aromatic carbocycles. The molecule has 8 nitrogen and oxygen atoms in total. The second-order valence-electron chi connectivity index (χ2n) is 5.37. The highest BCUT2D eigenvalue weighted by molar-refractivity contribution is 5.91. The number of carbonyl (C=O) groups excluding carboxylic acids is 2. The van der Waals surface area contributed by atoms with Gasteiger partial charge in [0.15, 0.2) is 0 Å². The molecule has 0 fully saturated rings. The van der Waals surface area contributed by atoms with Crippen LogP contribution in [0.25, 0.3) is 0 Å². The Hall–Kier alpha value is -1.67. The van der Waals surface area contributed by atoms with Gasteiger partial charge < -0.3 is 27.2 Å². The van der Waals surface area contributed by atoms with E-state index in [0.29, 0.717) is 19.4 Å². The number of amides is 2. The Morgan fingerprint density at radius 1 is 1.18 bits per heavy atom. The van der Waals surface area contributed by atoms with Crippen LogP contribution in [0.4, 0.5) is 0 Å². The zero-order valence-electron chi connectivity index (χ0n) is 13.3. The summed E-state index contributed by atoms with van der Waals surface area (Å²) in [6.07, 6.45) is 2.51. The fourth-order valence-electron chi connectivity index (χ4n) is 1.83. The smallest absolute Gasteiger partial charge is 0.322 e. The van der Waals surface area contributed by atoms with Crippen LogP contribution in [0, 0.1) is 5.92 Å². The van der Waals surface area contributed by atoms with Crippen molar-refractivity contribution in [2.75, 3.05) is 13.1 Å². The topological polar surface area (TPSA) is 148 Å². The van der Waals surface area contributed by atoms with Crippen molar-refractivity contribution in [3.05, 3.63) is 0 Å². The summed E-state index contributed by atoms with van der Waals surface area (Å²) in [5, 5.41) is 13.5. The number of carbonyl (C=O) groups is 3. The van der Waals surface area contributed by atoms with Crippen LogP contribution in [0.2, 0.25) is 0 Å². The molecule has 2 amide bonds. The lowest BCUT2D eigenvalue weighted by molar-refractivity contribution is -0.138. The van der Waals surface area contributed by atoms with E-state index >= 15 is 0 Å². The van der Waals surface area contributed by atoms with Crippen molar-refractivity contribution in [2.45, 2.75) is 51.6 Å². The third-order valence-electron chi connectivity index (χ3n) is 3.55. The lowest BCUT2D eigenvalue weighted by atomic mass is 9.98. The van der Waals surface area contributed by atoms with Crippen LogP contribution in [0.3, 0.4) is 0 Å². The quantitative estimate of drug-likeness (QED) is 0.314. The van der Waals surface area contributed by atoms with E-state index < -0.39 is 36.4 Å². The molecule has 0 heterocycles. The van der Waals surface area contributed by atoms with Gasteiger partial charge in [0.05, 0.1) is 6.04 Å². The molecule has 0 saturated heterocycles. The van der Waals surface area contributed by atoms with E-state index in [0.717, 1.165) is 12.8 Å². The number of rotatable bonds is 11. The lowest BCUT2D eigenvalue weighted by Gasteiger charge is -2.22. The largest absolute Gasteiger partial charge is 0.480 e. The second-order valence-corrected chi connectivity index (χ2v) is 5.37. The Kier molecular flexibility index (Phi) is 10.1. The van der Waals surface area contributed by atoms with Gasteiger partial charge in [-0.05, 0) is 31.7 Å². The molecule has 128 valence electrons. The summed E-state index contributed by atoms with van der Waals surface area (Å²) in [7, 11) is 0. The molecular formula is C14H28N4O4. The second kappa shape index (κ2) is 11.0. The fourth-order valence-corrected chi connectivity index (χ4v) is 1.83. The maximum atomic E-state index is 12.1. The minimum Gasteiger partial charge on any atom is -0.480 e. The molecule has 0 aliphatic rings. The molecular weight excluding hydrogens is 288 g/mol. The third kappa shape index (κ3) is 7.94. The number of carboxylic acids is 1. The average molecular weight is 316 g/mol. The number of aliphatic carboxylic acids is 1. The summed E-state index contributed by atoms with van der Waals surface area (Å²) in [6, 6.07) is -1.50. The number of carboxylic acid groups (broad SMARTS) is 1. The predicted molar refractivity (Wildman–Crippen MR) is 82.9 cm³/mol. The zero-order chi connectivity index (χ0) is 17.1. The number of hydrogen-bond donors (Lipinski definition) is 5. The predicted octanol–water partition coefficient (Wildman–Crippen LogP) is -0.826. The van der Waals surface area contributed by atoms with Gasteiger partial charge in [0.2, 0.25) is 11.8 Å². The van der Waals surface area contributed by atoms with Gasteiger partial charge in [-0.25, -0.2) is 0 Å². The Morgan fingerprint density at radius 2 is 1.82 bits per heavy atom. The number of nitrogens with two attached hydrogens (primary N) is 2. The molecule has 0 bridgehead atoms. The van der Waals surface area contributed by atoms with Crippen LogP contribution in [-0.4, -0.2) is 48.1 Å². The number of hydrogen-bond acceptors (Lipinski definition) is 5. The summed E-state index contributed by atoms with van der Waals surface area (Å²) in [4.78, 5) is 34.6. The molecule has 7 N–H and O–H groups in total. The Balaban J connectivity index is 4.66. The van der Waals surface area contributed by atoms with E-state index in [2.05, 4.69) is 10.6 Å². The normalized spacial score (nSPS) is 14.7. The van der Waals surface area contributed by atoms with Gasteiger partial charge in [0, 0.05) is 0 Å². The van der Waals surface area contributed by atoms with Crippen molar-refractivity contribution in [2.24, 2.45) is 17.4 Å². The van der Waals surface area contributed by atoms with Crippen LogP contribution >= 0.6 is 0 Å². The van der Waals surface area contributed by atoms with Crippen LogP contribution in [0.15, 0.2) is 0 Å². The molecule has 8 heteroatoms. The van der Waals surface area contributed by atoms with Crippen molar-refractivity contribution in [1.82, 2.24) is 10.6 Å². The highest BCUT2D eigenvalue weighted by atomic mass is 16.4. The minimum atomic E-state index is -1.14. The van der Waals surface area contributed by atoms with Gasteiger partial charge in [-0.15, -0.1) is 0 Å². The van der Waals surface area contributed by atoms with Crippen molar-refractivity contribution >= 4 is 17.8 Å². The minimum absolute atomic E-state index is 0.00762. The first-order chi connectivity index (χ1) is 10.3. The van der Waals surface area contributed by atoms with E-state index in [1.54, 1.807) is 0 Å². The summed E-state index contributed by atoms with van der Waals surface area (Å²) in [5.41, 5.74) is 11.2. The molecule has 0 aliphatic heterocycles. The van der Waals surface area contributed by atoms with Crippen LogP contribution in [0.1, 0.15) is 39.5 Å². The highest BCUT2D eigenvalue weighted by Gasteiger charge is 2.25. The van der Waals surface area contributed by atoms with E-state index in [1.165, 1.54) is 0 Å². The Morgan fingerprint density at radius 3 is 2.32 bits per heavy atom. The molecule has 0 radical (unpaired) electrons. The molecule has 3 unspecified atom stereocenters. The van der Waals surface area contributed by atoms with Crippen molar-refractivity contribution < 1.29 is 19.5 Å². The van der Waals surface area contributed by atoms with Crippen LogP contribution < -0.4 is 22.1 Å². The first-order valence-electron chi connectivity index (χ1n) is 7.58. The average Bonchev–Trinajstić information content (AvgIpc) is 2.49. The van der Waals surface area contributed by atoms with Gasteiger partial charge in [-0.2, -0.15) is 0 Å². The van der Waals surface area contributed by atoms with Crippen LogP contribution in [0.5, 0.6) is 0 Å². The summed E-state index contributed by atoms with van der Waals surface area (Å²) in [6.45, 7) is 3.79. The zero-order valence-corrected chi connectivity index (χ0v) is 13.3. The fraction of sp³-hybridized carbons (Fsp3) is 0.786. The van der Waals surface area contributed by atoms with Crippen molar-refractivity contribution in [1.29, 1.82) is 0 Å². The number of nitrogens with one attached hydrogen (secondary N) is 2. The van der Waals surface area contributed by atoms with E-state index in [4.69, 9.17) is 16.6 Å². The molecule has 0 saturated carbocycles. The third-order valence-corrected chi connectivity index (χ3v) is 3.55. The maximum Gasteiger partial charge on any atom is 0.322 e. The highest BCUT2D eigenvalue weighted by Crippen LogP contribution is 2.07. The van der Waals surface area contributed by atoms with Gasteiger partial charge >= 0.3 is 5.97 Å². The summed E-state index contributed by atoms with van der Waals surface area (Å²) >= 11 is 0. The molecule has 0 aromatic rings. The number of unbranched alkanes of at least 4 members (excludes halogenated alkanes) is 1. The SMILES string of the molecule is CCC(C)C(N)C(=O)NC(CCCCN)C(=O)NCC(=O)O. The van der Waals surface area contributed by atoms with Crippen LogP contribution in [-0.2, 0) is 14.4 Å². The molecule has 0 spiro atoms. The van der Waals surface area contributed by atoms with Gasteiger partial charge in [0.1, 0.15) is 12.6 Å². The van der Waals surface area contributed by atoms with Crippen molar-refractivity contribution in [3.8, 4) is 0 Å². The molecule has 0 aliphatic carbocycles. The lowest BCUT2D eigenvalue weighted by Crippen LogP contribution is -2.53. The van der Waals surface area contributed by atoms with Gasteiger partial charge in [-0.3, -0.25) is 14.4 Å². The maximum absolute atomic E-state index is 12.1. The monoisotopic (exact) mass is 316 g/mol. The van der Waals surface area contributed by atoms with E-state index in [-0.39, 0.29) is 5.92 Å². The van der Waals surface area contributed by atoms with Gasteiger partial charge in [-0.1, -0.05) is 20.3 Å². The summed E-state index contributed by atoms with van der Waals surface area (Å²) < 4.78 is 0. The molecule has 3 atom stereocenters. The first kappa shape index (κ1) is 20.3. The van der Waals surface area contributed by atoms with E-state index in [9.17, 15) is 14.4 Å². The Bertz CT molecular complexity index is 376. The standard InChI is InChI=1S/C14H28N4O4/c1-3-9(2)12(16)14(22)18-10(6-4-5-7-15)13(21)17-8-11(19)20/h9-10,12H,3-8,15-16H2,1-2H3,(H,17,21)(H,18,22)(H,19,20). The van der Waals surface area contributed by atoms with Gasteiger partial charge in [0.25, 0.3) is 0 Å². The van der Waals surface area contributed by atoms with E-state index in [1.807, 2.05) is 13.8 Å². The van der Waals surface area contributed by atoms with Crippen molar-refractivity contribution in [3.63, 3.8) is 0 Å². The molecule has 0 rings (SSSR count). The molecule has 0 aromatic heterocycles. The first-order valence-corrected chi connectivity index (χ1v) is 7.58. The molecule has 22 heavy (non-hydrogen) atoms. The Labute approximate surface area is 131 Å².